The first kappa shape index (κ1) is 20.2. The lowest BCUT2D eigenvalue weighted by molar-refractivity contribution is -0.121. The van der Waals surface area contributed by atoms with Gasteiger partial charge in [0.1, 0.15) is 27.9 Å². The molecule has 1 saturated carbocycles. The first-order valence-electron chi connectivity index (χ1n) is 9.60. The Morgan fingerprint density at radius 2 is 2.00 bits per heavy atom. The van der Waals surface area contributed by atoms with E-state index in [0.717, 1.165) is 0 Å². The molecule has 0 unspecified atom stereocenters. The van der Waals surface area contributed by atoms with Crippen LogP contribution in [0.2, 0.25) is 0 Å². The number of benzene rings is 1. The molecule has 0 radical (unpaired) electrons. The molecule has 32 heavy (non-hydrogen) atoms. The number of halogens is 1. The Labute approximate surface area is 189 Å². The van der Waals surface area contributed by atoms with E-state index in [2.05, 4.69) is 32.6 Å². The molecular formula is C21H13FN6O2S2. The van der Waals surface area contributed by atoms with E-state index in [1.54, 1.807) is 24.3 Å². The second kappa shape index (κ2) is 7.79. The number of thiazole rings is 1. The number of thiophene rings is 1. The van der Waals surface area contributed by atoms with Crippen LogP contribution in [0.15, 0.2) is 28.7 Å². The van der Waals surface area contributed by atoms with Crippen LogP contribution >= 0.6 is 22.7 Å². The van der Waals surface area contributed by atoms with Crippen LogP contribution in [-0.2, 0) is 17.6 Å². The van der Waals surface area contributed by atoms with Crippen LogP contribution in [-0.4, -0.2) is 26.6 Å². The van der Waals surface area contributed by atoms with Gasteiger partial charge in [-0.3, -0.25) is 4.79 Å². The van der Waals surface area contributed by atoms with Crippen LogP contribution in [0.4, 0.5) is 4.39 Å². The number of fused-ring (bicyclic) bond motifs is 1. The van der Waals surface area contributed by atoms with E-state index in [9.17, 15) is 4.79 Å². The number of rotatable bonds is 6. The van der Waals surface area contributed by atoms with Crippen molar-refractivity contribution in [3.63, 3.8) is 0 Å². The third kappa shape index (κ3) is 3.84. The van der Waals surface area contributed by atoms with Gasteiger partial charge in [-0.25, -0.2) is 9.37 Å². The molecule has 0 bridgehead atoms. The van der Waals surface area contributed by atoms with Crippen LogP contribution in [0.1, 0.15) is 34.5 Å². The molecule has 0 spiro atoms. The summed E-state index contributed by atoms with van der Waals surface area (Å²) in [6, 6.07) is 10.9. The van der Waals surface area contributed by atoms with Gasteiger partial charge in [0.25, 0.3) is 0 Å². The fourth-order valence-electron chi connectivity index (χ4n) is 3.21. The minimum absolute atomic E-state index is 0.111. The maximum Gasteiger partial charge on any atom is 0.230 e. The number of hydrogen-bond acceptors (Lipinski definition) is 9. The minimum atomic E-state index is -0.747. The van der Waals surface area contributed by atoms with Crippen LogP contribution in [0, 0.1) is 28.5 Å². The summed E-state index contributed by atoms with van der Waals surface area (Å²) >= 11 is 2.43. The highest BCUT2D eigenvalue weighted by Gasteiger charge is 2.44. The van der Waals surface area contributed by atoms with Gasteiger partial charge in [-0.05, 0) is 37.1 Å². The van der Waals surface area contributed by atoms with Crippen molar-refractivity contribution in [2.75, 3.05) is 0 Å². The summed E-state index contributed by atoms with van der Waals surface area (Å²) in [6.07, 6.45) is 1.39. The fraction of sp³-hybridized carbons (Fsp3) is 0.238. The molecule has 0 aliphatic heterocycles. The lowest BCUT2D eigenvalue weighted by Gasteiger charge is -2.06. The Hall–Kier alpha value is -3.67. The van der Waals surface area contributed by atoms with Crippen LogP contribution < -0.4 is 5.32 Å². The van der Waals surface area contributed by atoms with E-state index in [0.29, 0.717) is 43.4 Å². The van der Waals surface area contributed by atoms with Crippen LogP contribution in [0.25, 0.3) is 20.7 Å². The minimum Gasteiger partial charge on any atom is -0.424 e. The van der Waals surface area contributed by atoms with Gasteiger partial charge in [0.05, 0.1) is 22.7 Å². The maximum absolute atomic E-state index is 15.1. The van der Waals surface area contributed by atoms with Crippen molar-refractivity contribution < 1.29 is 13.6 Å². The monoisotopic (exact) mass is 464 g/mol. The molecule has 1 fully saturated rings. The number of nitrogens with one attached hydrogen (secondary N) is 1. The van der Waals surface area contributed by atoms with Crippen LogP contribution in [0.3, 0.4) is 0 Å². The fourth-order valence-corrected chi connectivity index (χ4v) is 5.03. The van der Waals surface area contributed by atoms with Gasteiger partial charge < -0.3 is 9.73 Å². The number of amides is 1. The van der Waals surface area contributed by atoms with E-state index in [-0.39, 0.29) is 36.3 Å². The van der Waals surface area contributed by atoms with E-state index < -0.39 is 5.54 Å². The number of carbonyl (C=O) groups excluding carboxylic acids is 1. The number of hydrogen-bond donors (Lipinski definition) is 1. The predicted octanol–water partition coefficient (Wildman–Crippen LogP) is 3.72. The highest BCUT2D eigenvalue weighted by atomic mass is 32.1. The van der Waals surface area contributed by atoms with Gasteiger partial charge in [-0.15, -0.1) is 32.9 Å². The number of nitriles is 2. The third-order valence-corrected chi connectivity index (χ3v) is 7.08. The Bertz CT molecular complexity index is 1440. The molecule has 11 heteroatoms. The van der Waals surface area contributed by atoms with Gasteiger partial charge in [-0.1, -0.05) is 0 Å². The van der Waals surface area contributed by atoms with Gasteiger partial charge in [0.2, 0.25) is 17.7 Å². The molecule has 0 saturated heterocycles. The standard InChI is InChI=1S/C21H13FN6O2S2/c22-19-12(14-4-1-11(9-23)31-14)2-3-13-20(19)32-18(25-13)8-17-28-27-16(30-17)7-15(29)26-21(10-24)5-6-21/h1-4H,5-8H2,(H,26,29). The first-order chi connectivity index (χ1) is 15.5. The van der Waals surface area contributed by atoms with Gasteiger partial charge in [-0.2, -0.15) is 10.5 Å². The topological polar surface area (TPSA) is 128 Å². The van der Waals surface area contributed by atoms with Crippen molar-refractivity contribution in [3.8, 4) is 22.6 Å². The normalized spacial score (nSPS) is 14.1. The molecule has 1 aromatic carbocycles. The molecule has 3 aromatic heterocycles. The zero-order chi connectivity index (χ0) is 22.3. The molecule has 8 nitrogen and oxygen atoms in total. The second-order valence-electron chi connectivity index (χ2n) is 7.34. The number of aromatic nitrogens is 3. The van der Waals surface area contributed by atoms with Crippen molar-refractivity contribution in [1.82, 2.24) is 20.5 Å². The highest BCUT2D eigenvalue weighted by Crippen LogP contribution is 2.36. The van der Waals surface area contributed by atoms with E-state index in [1.807, 2.05) is 0 Å². The van der Waals surface area contributed by atoms with Crippen molar-refractivity contribution >= 4 is 38.8 Å². The average Bonchev–Trinajstić information content (AvgIpc) is 3.15. The number of carbonyl (C=O) groups is 1. The lowest BCUT2D eigenvalue weighted by Crippen LogP contribution is -2.36. The zero-order valence-corrected chi connectivity index (χ0v) is 18.0. The first-order valence-corrected chi connectivity index (χ1v) is 11.2. The molecule has 1 aliphatic rings. The zero-order valence-electron chi connectivity index (χ0n) is 16.4. The highest BCUT2D eigenvalue weighted by molar-refractivity contribution is 7.18. The molecule has 1 aliphatic carbocycles. The third-order valence-electron chi connectivity index (χ3n) is 4.99. The summed E-state index contributed by atoms with van der Waals surface area (Å²) in [7, 11) is 0. The maximum atomic E-state index is 15.1. The molecule has 5 rings (SSSR count). The Kier molecular flexibility index (Phi) is 4.93. The van der Waals surface area contributed by atoms with E-state index in [1.165, 1.54) is 22.7 Å². The van der Waals surface area contributed by atoms with Crippen molar-refractivity contribution in [2.24, 2.45) is 0 Å². The molecule has 1 N–H and O–H groups in total. The van der Waals surface area contributed by atoms with Crippen LogP contribution in [0.5, 0.6) is 0 Å². The molecule has 3 heterocycles. The van der Waals surface area contributed by atoms with Crippen molar-refractivity contribution in [3.05, 3.63) is 51.7 Å². The van der Waals surface area contributed by atoms with Gasteiger partial charge in [0.15, 0.2) is 5.82 Å². The quantitative estimate of drug-likeness (QED) is 0.460. The van der Waals surface area contributed by atoms with Gasteiger partial charge >= 0.3 is 0 Å². The number of nitrogens with zero attached hydrogens (tertiary/aromatic N) is 5. The molecule has 0 atom stereocenters. The summed E-state index contributed by atoms with van der Waals surface area (Å²) in [5.41, 5.74) is 0.202. The van der Waals surface area contributed by atoms with Crippen molar-refractivity contribution in [2.45, 2.75) is 31.2 Å². The second-order valence-corrected chi connectivity index (χ2v) is 9.51. The van der Waals surface area contributed by atoms with E-state index >= 15 is 4.39 Å². The predicted molar refractivity (Wildman–Crippen MR) is 114 cm³/mol. The van der Waals surface area contributed by atoms with Crippen molar-refractivity contribution in [1.29, 1.82) is 10.5 Å². The van der Waals surface area contributed by atoms with E-state index in [4.69, 9.17) is 14.9 Å². The molecular weight excluding hydrogens is 451 g/mol. The Morgan fingerprint density at radius 3 is 2.72 bits per heavy atom. The Balaban J connectivity index is 1.32. The summed E-state index contributed by atoms with van der Waals surface area (Å²) in [5.74, 6) is -0.313. The summed E-state index contributed by atoms with van der Waals surface area (Å²) in [5, 5.41) is 29.2. The molecule has 1 amide bonds. The summed E-state index contributed by atoms with van der Waals surface area (Å²) < 4.78 is 21.1. The SMILES string of the molecule is N#Cc1ccc(-c2ccc3nc(Cc4nnc(CC(=O)NC5(C#N)CC5)o4)sc3c2F)s1. The van der Waals surface area contributed by atoms with Gasteiger partial charge in [0, 0.05) is 10.4 Å². The largest absolute Gasteiger partial charge is 0.424 e. The Morgan fingerprint density at radius 1 is 1.19 bits per heavy atom. The smallest absolute Gasteiger partial charge is 0.230 e. The summed E-state index contributed by atoms with van der Waals surface area (Å²) in [6.45, 7) is 0. The lowest BCUT2D eigenvalue weighted by atomic mass is 10.1. The average molecular weight is 465 g/mol. The summed E-state index contributed by atoms with van der Waals surface area (Å²) in [4.78, 5) is 17.7. The molecule has 158 valence electrons. The molecule has 4 aromatic rings.